The minimum absolute atomic E-state index is 0.165. The van der Waals surface area contributed by atoms with Gasteiger partial charge in [-0.05, 0) is 18.4 Å². The van der Waals surface area contributed by atoms with E-state index in [2.05, 4.69) is 50.4 Å². The predicted octanol–water partition coefficient (Wildman–Crippen LogP) is 3.61. The number of ether oxygens (including phenoxy) is 1. The van der Waals surface area contributed by atoms with Gasteiger partial charge < -0.3 is 10.1 Å². The van der Waals surface area contributed by atoms with Crippen LogP contribution in [0, 0.1) is 0 Å². The number of fused-ring (bicyclic) bond motifs is 1. The summed E-state index contributed by atoms with van der Waals surface area (Å²) in [5.74, 6) is 0.964. The van der Waals surface area contributed by atoms with Crippen molar-refractivity contribution in [1.82, 2.24) is 5.32 Å². The van der Waals surface area contributed by atoms with Crippen LogP contribution in [0.5, 0.6) is 5.75 Å². The zero-order chi connectivity index (χ0) is 13.0. The molecule has 0 aromatic heterocycles. The monoisotopic (exact) mass is 243 g/mol. The van der Waals surface area contributed by atoms with Crippen molar-refractivity contribution in [2.45, 2.75) is 32.9 Å². The van der Waals surface area contributed by atoms with Gasteiger partial charge in [-0.25, -0.2) is 0 Å². The molecule has 2 rings (SSSR count). The zero-order valence-electron chi connectivity index (χ0n) is 11.3. The van der Waals surface area contributed by atoms with E-state index in [0.29, 0.717) is 6.04 Å². The van der Waals surface area contributed by atoms with Crippen molar-refractivity contribution < 1.29 is 4.74 Å². The largest absolute Gasteiger partial charge is 0.489 e. The van der Waals surface area contributed by atoms with Crippen LogP contribution in [-0.2, 0) is 0 Å². The molecular formula is C16H21NO. The first-order valence-corrected chi connectivity index (χ1v) is 6.54. The van der Waals surface area contributed by atoms with Gasteiger partial charge in [-0.3, -0.25) is 0 Å². The highest BCUT2D eigenvalue weighted by molar-refractivity contribution is 5.88. The molecule has 0 heterocycles. The quantitative estimate of drug-likeness (QED) is 0.866. The van der Waals surface area contributed by atoms with Crippen molar-refractivity contribution in [3.05, 3.63) is 42.5 Å². The Hall–Kier alpha value is -1.54. The van der Waals surface area contributed by atoms with Gasteiger partial charge in [0.25, 0.3) is 0 Å². The Bertz CT molecular complexity index is 502. The van der Waals surface area contributed by atoms with Gasteiger partial charge in [-0.1, -0.05) is 50.2 Å². The second-order valence-corrected chi connectivity index (χ2v) is 4.97. The molecule has 0 bridgehead atoms. The van der Waals surface area contributed by atoms with Crippen LogP contribution in [0.2, 0.25) is 0 Å². The van der Waals surface area contributed by atoms with Gasteiger partial charge in [0.05, 0.1) is 0 Å². The lowest BCUT2D eigenvalue weighted by Gasteiger charge is -2.18. The van der Waals surface area contributed by atoms with Crippen molar-refractivity contribution >= 4 is 10.8 Å². The van der Waals surface area contributed by atoms with Gasteiger partial charge in [0.15, 0.2) is 0 Å². The highest BCUT2D eigenvalue weighted by atomic mass is 16.5. The summed E-state index contributed by atoms with van der Waals surface area (Å²) in [7, 11) is 0. The van der Waals surface area contributed by atoms with Crippen LogP contribution in [-0.4, -0.2) is 18.7 Å². The summed E-state index contributed by atoms with van der Waals surface area (Å²) in [6.07, 6.45) is 0.165. The summed E-state index contributed by atoms with van der Waals surface area (Å²) in [6.45, 7) is 7.24. The predicted molar refractivity (Wildman–Crippen MR) is 77.2 cm³/mol. The van der Waals surface area contributed by atoms with E-state index in [0.717, 1.165) is 12.3 Å². The maximum Gasteiger partial charge on any atom is 0.127 e. The van der Waals surface area contributed by atoms with Crippen molar-refractivity contribution in [3.8, 4) is 5.75 Å². The van der Waals surface area contributed by atoms with Gasteiger partial charge >= 0.3 is 0 Å². The van der Waals surface area contributed by atoms with E-state index >= 15 is 0 Å². The molecule has 1 unspecified atom stereocenters. The normalized spacial score (nSPS) is 12.9. The van der Waals surface area contributed by atoms with Crippen LogP contribution in [0.15, 0.2) is 42.5 Å². The third-order valence-corrected chi connectivity index (χ3v) is 2.89. The number of rotatable bonds is 5. The van der Waals surface area contributed by atoms with Crippen molar-refractivity contribution in [2.24, 2.45) is 0 Å². The lowest BCUT2D eigenvalue weighted by Crippen LogP contribution is -2.33. The fourth-order valence-electron chi connectivity index (χ4n) is 1.96. The number of hydrogen-bond acceptors (Lipinski definition) is 2. The topological polar surface area (TPSA) is 21.3 Å². The first-order valence-electron chi connectivity index (χ1n) is 6.54. The minimum atomic E-state index is 0.165. The van der Waals surface area contributed by atoms with Gasteiger partial charge in [0.2, 0.25) is 0 Å². The number of hydrogen-bond donors (Lipinski definition) is 1. The van der Waals surface area contributed by atoms with Gasteiger partial charge in [-0.2, -0.15) is 0 Å². The second kappa shape index (κ2) is 5.87. The Morgan fingerprint density at radius 3 is 2.50 bits per heavy atom. The average molecular weight is 243 g/mol. The second-order valence-electron chi connectivity index (χ2n) is 4.97. The molecule has 0 amide bonds. The lowest BCUT2D eigenvalue weighted by atomic mass is 10.1. The van der Waals surface area contributed by atoms with Gasteiger partial charge in [0, 0.05) is 18.0 Å². The van der Waals surface area contributed by atoms with Crippen LogP contribution >= 0.6 is 0 Å². The van der Waals surface area contributed by atoms with E-state index in [1.165, 1.54) is 10.8 Å². The zero-order valence-corrected chi connectivity index (χ0v) is 11.3. The summed E-state index contributed by atoms with van der Waals surface area (Å²) >= 11 is 0. The summed E-state index contributed by atoms with van der Waals surface area (Å²) in [5.41, 5.74) is 0. The van der Waals surface area contributed by atoms with E-state index < -0.39 is 0 Å². The molecule has 0 spiro atoms. The van der Waals surface area contributed by atoms with Crippen LogP contribution in [0.1, 0.15) is 20.8 Å². The standard InChI is InChI=1S/C16H21NO/c1-12(2)17-11-13(3)18-16-10-6-8-14-7-4-5-9-15(14)16/h4-10,12-13,17H,11H2,1-3H3. The van der Waals surface area contributed by atoms with Gasteiger partial charge in [-0.15, -0.1) is 0 Å². The van der Waals surface area contributed by atoms with E-state index in [9.17, 15) is 0 Å². The van der Waals surface area contributed by atoms with Crippen molar-refractivity contribution in [3.63, 3.8) is 0 Å². The summed E-state index contributed by atoms with van der Waals surface area (Å²) in [5, 5.41) is 5.79. The Morgan fingerprint density at radius 1 is 1.00 bits per heavy atom. The molecule has 0 saturated heterocycles. The van der Waals surface area contributed by atoms with E-state index in [-0.39, 0.29) is 6.10 Å². The first-order chi connectivity index (χ1) is 8.66. The summed E-state index contributed by atoms with van der Waals surface area (Å²) < 4.78 is 6.02. The SMILES string of the molecule is CC(C)NCC(C)Oc1cccc2ccccc12. The maximum atomic E-state index is 6.02. The van der Waals surface area contributed by atoms with E-state index in [1.54, 1.807) is 0 Å². The maximum absolute atomic E-state index is 6.02. The molecule has 96 valence electrons. The summed E-state index contributed by atoms with van der Waals surface area (Å²) in [6, 6.07) is 15.0. The Balaban J connectivity index is 2.11. The Labute approximate surface area is 109 Å². The van der Waals surface area contributed by atoms with Gasteiger partial charge in [0.1, 0.15) is 11.9 Å². The molecule has 1 atom stereocenters. The highest BCUT2D eigenvalue weighted by Crippen LogP contribution is 2.25. The number of nitrogens with one attached hydrogen (secondary N) is 1. The molecule has 2 aromatic carbocycles. The minimum Gasteiger partial charge on any atom is -0.489 e. The van der Waals surface area contributed by atoms with Crippen molar-refractivity contribution in [1.29, 1.82) is 0 Å². The van der Waals surface area contributed by atoms with Crippen LogP contribution < -0.4 is 10.1 Å². The first kappa shape index (κ1) is 12.9. The fourth-order valence-corrected chi connectivity index (χ4v) is 1.96. The molecule has 2 heteroatoms. The average Bonchev–Trinajstić information content (AvgIpc) is 2.37. The summed E-state index contributed by atoms with van der Waals surface area (Å²) in [4.78, 5) is 0. The molecule has 2 nitrogen and oxygen atoms in total. The molecular weight excluding hydrogens is 222 g/mol. The fraction of sp³-hybridized carbons (Fsp3) is 0.375. The molecule has 2 aromatic rings. The van der Waals surface area contributed by atoms with E-state index in [1.807, 2.05) is 18.2 Å². The molecule has 0 saturated carbocycles. The van der Waals surface area contributed by atoms with Crippen LogP contribution in [0.4, 0.5) is 0 Å². The molecule has 1 N–H and O–H groups in total. The third kappa shape index (κ3) is 3.23. The van der Waals surface area contributed by atoms with Crippen molar-refractivity contribution in [2.75, 3.05) is 6.54 Å². The molecule has 0 aliphatic heterocycles. The van der Waals surface area contributed by atoms with Crippen LogP contribution in [0.25, 0.3) is 10.8 Å². The number of benzene rings is 2. The molecule has 0 radical (unpaired) electrons. The lowest BCUT2D eigenvalue weighted by molar-refractivity contribution is 0.216. The van der Waals surface area contributed by atoms with E-state index in [4.69, 9.17) is 4.74 Å². The Kier molecular flexibility index (Phi) is 4.21. The molecule has 0 aliphatic carbocycles. The highest BCUT2D eigenvalue weighted by Gasteiger charge is 2.07. The third-order valence-electron chi connectivity index (χ3n) is 2.89. The Morgan fingerprint density at radius 2 is 1.72 bits per heavy atom. The molecule has 18 heavy (non-hydrogen) atoms. The molecule has 0 fully saturated rings. The van der Waals surface area contributed by atoms with Crippen LogP contribution in [0.3, 0.4) is 0 Å². The molecule has 0 aliphatic rings. The smallest absolute Gasteiger partial charge is 0.127 e.